The molecule has 2 amide bonds. The molecule has 2 aliphatic rings. The molecular weight excluding hydrogens is 289 g/mol. The van der Waals surface area contributed by atoms with Gasteiger partial charge in [0.2, 0.25) is 11.8 Å². The van der Waals surface area contributed by atoms with Crippen LogP contribution in [-0.4, -0.2) is 36.8 Å². The molecule has 0 unspecified atom stereocenters. The van der Waals surface area contributed by atoms with E-state index in [0.29, 0.717) is 11.1 Å². The Labute approximate surface area is 127 Å². The van der Waals surface area contributed by atoms with Crippen LogP contribution in [0.5, 0.6) is 0 Å². The first-order chi connectivity index (χ1) is 10.3. The van der Waals surface area contributed by atoms with Gasteiger partial charge in [0.05, 0.1) is 18.9 Å². The van der Waals surface area contributed by atoms with E-state index in [9.17, 15) is 18.8 Å². The largest absolute Gasteiger partial charge is 0.468 e. The van der Waals surface area contributed by atoms with Crippen molar-refractivity contribution in [1.29, 1.82) is 0 Å². The number of fused-ring (bicyclic) bond motifs is 2. The number of nitrogens with zero attached hydrogens (tertiary/aromatic N) is 1. The summed E-state index contributed by atoms with van der Waals surface area (Å²) in [6, 6.07) is 4.09. The second kappa shape index (κ2) is 4.63. The Balaban J connectivity index is 2.26. The Morgan fingerprint density at radius 2 is 2.05 bits per heavy atom. The molecule has 6 heteroatoms. The number of benzene rings is 1. The minimum atomic E-state index is -1.29. The van der Waals surface area contributed by atoms with Gasteiger partial charge in [-0.05, 0) is 36.6 Å². The number of likely N-dealkylation sites (tertiary alicyclic amines) is 1. The van der Waals surface area contributed by atoms with Gasteiger partial charge in [-0.15, -0.1) is 0 Å². The molecule has 0 radical (unpaired) electrons. The molecule has 0 aromatic heterocycles. The molecule has 3 atom stereocenters. The maximum atomic E-state index is 13.5. The van der Waals surface area contributed by atoms with E-state index < -0.39 is 34.9 Å². The van der Waals surface area contributed by atoms with E-state index in [1.54, 1.807) is 6.92 Å². The number of rotatable bonds is 1. The number of carbonyl (C=O) groups excluding carboxylic acids is 3. The smallest absolute Gasteiger partial charge is 0.316 e. The van der Waals surface area contributed by atoms with Crippen molar-refractivity contribution in [1.82, 2.24) is 4.90 Å². The van der Waals surface area contributed by atoms with Crippen LogP contribution in [0.25, 0.3) is 0 Å². The van der Waals surface area contributed by atoms with Crippen LogP contribution in [0.2, 0.25) is 0 Å². The molecule has 22 heavy (non-hydrogen) atoms. The molecule has 1 heterocycles. The number of ether oxygens (including phenoxy) is 1. The number of halogens is 1. The Morgan fingerprint density at radius 3 is 2.68 bits per heavy atom. The number of hydrogen-bond donors (Lipinski definition) is 0. The lowest BCUT2D eigenvalue weighted by Gasteiger charge is -2.39. The zero-order valence-electron chi connectivity index (χ0n) is 12.6. The van der Waals surface area contributed by atoms with Crippen LogP contribution in [0.3, 0.4) is 0 Å². The van der Waals surface area contributed by atoms with Crippen molar-refractivity contribution in [2.24, 2.45) is 11.8 Å². The van der Waals surface area contributed by atoms with E-state index in [4.69, 9.17) is 4.74 Å². The summed E-state index contributed by atoms with van der Waals surface area (Å²) in [5.41, 5.74) is -0.165. The van der Waals surface area contributed by atoms with Crippen molar-refractivity contribution in [3.63, 3.8) is 0 Å². The lowest BCUT2D eigenvalue weighted by Crippen LogP contribution is -2.50. The quantitative estimate of drug-likeness (QED) is 0.574. The van der Waals surface area contributed by atoms with Gasteiger partial charge in [0.1, 0.15) is 11.2 Å². The molecule has 1 aliphatic heterocycles. The third-order valence-corrected chi connectivity index (χ3v) is 4.94. The molecule has 0 spiro atoms. The van der Waals surface area contributed by atoms with E-state index in [0.717, 1.165) is 4.90 Å². The number of carbonyl (C=O) groups is 3. The van der Waals surface area contributed by atoms with Gasteiger partial charge in [0.25, 0.3) is 0 Å². The van der Waals surface area contributed by atoms with Crippen LogP contribution < -0.4 is 0 Å². The number of hydrogen-bond acceptors (Lipinski definition) is 4. The molecule has 5 nitrogen and oxygen atoms in total. The maximum Gasteiger partial charge on any atom is 0.316 e. The summed E-state index contributed by atoms with van der Waals surface area (Å²) >= 11 is 0. The van der Waals surface area contributed by atoms with Gasteiger partial charge in [0, 0.05) is 7.05 Å². The van der Waals surface area contributed by atoms with Crippen LogP contribution in [-0.2, 0) is 31.0 Å². The summed E-state index contributed by atoms with van der Waals surface area (Å²) in [4.78, 5) is 38.3. The fraction of sp³-hybridized carbons (Fsp3) is 0.438. The van der Waals surface area contributed by atoms with Crippen molar-refractivity contribution < 1.29 is 23.5 Å². The minimum Gasteiger partial charge on any atom is -0.468 e. The molecule has 1 aromatic carbocycles. The predicted octanol–water partition coefficient (Wildman–Crippen LogP) is 1.04. The third-order valence-electron chi connectivity index (χ3n) is 4.94. The van der Waals surface area contributed by atoms with Crippen molar-refractivity contribution in [2.45, 2.75) is 18.8 Å². The fourth-order valence-corrected chi connectivity index (χ4v) is 3.83. The second-order valence-corrected chi connectivity index (χ2v) is 6.02. The summed E-state index contributed by atoms with van der Waals surface area (Å²) < 4.78 is 18.4. The number of imide groups is 1. The molecule has 0 saturated carbocycles. The molecule has 1 aromatic rings. The van der Waals surface area contributed by atoms with Gasteiger partial charge in [-0.3, -0.25) is 19.3 Å². The van der Waals surface area contributed by atoms with Gasteiger partial charge in [0.15, 0.2) is 0 Å². The molecule has 1 aliphatic carbocycles. The zero-order chi connectivity index (χ0) is 16.2. The van der Waals surface area contributed by atoms with E-state index in [2.05, 4.69) is 0 Å². The Morgan fingerprint density at radius 1 is 1.36 bits per heavy atom. The van der Waals surface area contributed by atoms with Crippen molar-refractivity contribution in [2.75, 3.05) is 14.2 Å². The van der Waals surface area contributed by atoms with Crippen molar-refractivity contribution >= 4 is 17.8 Å². The van der Waals surface area contributed by atoms with Crippen LogP contribution in [0.1, 0.15) is 18.1 Å². The average Bonchev–Trinajstić information content (AvgIpc) is 2.71. The van der Waals surface area contributed by atoms with E-state index >= 15 is 0 Å². The molecule has 3 rings (SSSR count). The first-order valence-electron chi connectivity index (χ1n) is 7.01. The lowest BCUT2D eigenvalue weighted by molar-refractivity contribution is -0.153. The average molecular weight is 305 g/mol. The molecule has 1 saturated heterocycles. The first-order valence-corrected chi connectivity index (χ1v) is 7.01. The number of methoxy groups -OCH3 is 1. The molecule has 116 valence electrons. The van der Waals surface area contributed by atoms with Crippen molar-refractivity contribution in [3.05, 3.63) is 35.1 Å². The normalized spacial score (nSPS) is 30.1. The van der Waals surface area contributed by atoms with Gasteiger partial charge in [-0.2, -0.15) is 0 Å². The Kier molecular flexibility index (Phi) is 3.09. The van der Waals surface area contributed by atoms with E-state index in [1.807, 2.05) is 0 Å². The van der Waals surface area contributed by atoms with Crippen LogP contribution in [0, 0.1) is 17.7 Å². The molecule has 1 fully saturated rings. The number of esters is 1. The predicted molar refractivity (Wildman–Crippen MR) is 74.2 cm³/mol. The summed E-state index contributed by atoms with van der Waals surface area (Å²) in [6.45, 7) is 1.59. The highest BCUT2D eigenvalue weighted by molar-refractivity contribution is 6.09. The molecule has 0 N–H and O–H groups in total. The Bertz CT molecular complexity index is 701. The molecular formula is C16H16FNO4. The van der Waals surface area contributed by atoms with Gasteiger partial charge in [-0.25, -0.2) is 4.39 Å². The highest BCUT2D eigenvalue weighted by Crippen LogP contribution is 2.49. The summed E-state index contributed by atoms with van der Waals surface area (Å²) in [5, 5.41) is 0. The SMILES string of the molecule is COC(=O)[C@]1(C)c2ccc(F)cc2C[C@H]2C(=O)N(C)C(=O)[C@H]21. The summed E-state index contributed by atoms with van der Waals surface area (Å²) in [7, 11) is 2.65. The zero-order valence-corrected chi connectivity index (χ0v) is 12.6. The lowest BCUT2D eigenvalue weighted by atomic mass is 9.60. The monoisotopic (exact) mass is 305 g/mol. The highest BCUT2D eigenvalue weighted by atomic mass is 19.1. The third kappa shape index (κ3) is 1.66. The summed E-state index contributed by atoms with van der Waals surface area (Å²) in [5.74, 6) is -3.22. The van der Waals surface area contributed by atoms with Crippen molar-refractivity contribution in [3.8, 4) is 0 Å². The Hall–Kier alpha value is -2.24. The fourth-order valence-electron chi connectivity index (χ4n) is 3.83. The van der Waals surface area contributed by atoms with Crippen LogP contribution in [0.4, 0.5) is 4.39 Å². The van der Waals surface area contributed by atoms with Gasteiger partial charge < -0.3 is 4.74 Å². The molecule has 0 bridgehead atoms. The van der Waals surface area contributed by atoms with Gasteiger partial charge in [-0.1, -0.05) is 6.07 Å². The minimum absolute atomic E-state index is 0.249. The van der Waals surface area contributed by atoms with Crippen LogP contribution in [0.15, 0.2) is 18.2 Å². The number of amides is 2. The summed E-state index contributed by atoms with van der Waals surface area (Å²) in [6.07, 6.45) is 0.249. The topological polar surface area (TPSA) is 63.7 Å². The van der Waals surface area contributed by atoms with Crippen LogP contribution >= 0.6 is 0 Å². The van der Waals surface area contributed by atoms with Gasteiger partial charge >= 0.3 is 5.97 Å². The first kappa shape index (κ1) is 14.7. The van der Waals surface area contributed by atoms with E-state index in [-0.39, 0.29) is 12.3 Å². The standard InChI is InChI=1S/C16H16FNO4/c1-16(15(21)22-3)11-5-4-9(17)6-8(11)7-10-12(16)14(20)18(2)13(10)19/h4-6,10,12H,7H2,1-3H3/t10-,12+,16-/m1/s1. The maximum absolute atomic E-state index is 13.5. The highest BCUT2D eigenvalue weighted by Gasteiger charge is 2.61. The van der Waals surface area contributed by atoms with E-state index in [1.165, 1.54) is 32.4 Å². The second-order valence-electron chi connectivity index (χ2n) is 6.02.